The third-order valence-electron chi connectivity index (χ3n) is 4.01. The summed E-state index contributed by atoms with van der Waals surface area (Å²) >= 11 is 3.59. The van der Waals surface area contributed by atoms with Crippen LogP contribution in [0.1, 0.15) is 11.1 Å². The van der Waals surface area contributed by atoms with Crippen LogP contribution < -0.4 is 5.32 Å². The Kier molecular flexibility index (Phi) is 6.44. The molecule has 0 aromatic heterocycles. The van der Waals surface area contributed by atoms with Gasteiger partial charge in [-0.05, 0) is 23.3 Å². The molecule has 0 atom stereocenters. The van der Waals surface area contributed by atoms with Crippen LogP contribution in [0.3, 0.4) is 0 Å². The van der Waals surface area contributed by atoms with Gasteiger partial charge >= 0.3 is 6.09 Å². The lowest BCUT2D eigenvalue weighted by atomic mass is 10.2. The quantitative estimate of drug-likeness (QED) is 0.816. The average Bonchev–Trinajstić information content (AvgIpc) is 2.64. The van der Waals surface area contributed by atoms with Gasteiger partial charge in [-0.3, -0.25) is 10.2 Å². The van der Waals surface area contributed by atoms with Crippen molar-refractivity contribution in [2.24, 2.45) is 0 Å². The molecule has 1 aliphatic rings. The Morgan fingerprint density at radius 3 is 2.64 bits per heavy atom. The number of ether oxygens (including phenoxy) is 2. The van der Waals surface area contributed by atoms with Crippen molar-refractivity contribution in [3.8, 4) is 0 Å². The van der Waals surface area contributed by atoms with E-state index in [2.05, 4.69) is 26.1 Å². The third kappa shape index (κ3) is 5.56. The summed E-state index contributed by atoms with van der Waals surface area (Å²) in [5.74, 6) is 0. The van der Waals surface area contributed by atoms with Gasteiger partial charge in [-0.1, -0.05) is 52.3 Å². The Labute approximate surface area is 156 Å². The largest absolute Gasteiger partial charge is 0.444 e. The van der Waals surface area contributed by atoms with Crippen LogP contribution in [-0.2, 0) is 22.6 Å². The normalized spacial score (nSPS) is 14.9. The first-order chi connectivity index (χ1) is 12.2. The summed E-state index contributed by atoms with van der Waals surface area (Å²) < 4.78 is 11.6. The topological polar surface area (TPSA) is 50.8 Å². The van der Waals surface area contributed by atoms with E-state index in [1.54, 1.807) is 0 Å². The molecule has 6 heteroatoms. The maximum Gasteiger partial charge on any atom is 0.411 e. The molecule has 5 nitrogen and oxygen atoms in total. The van der Waals surface area contributed by atoms with E-state index in [1.807, 2.05) is 48.5 Å². The average molecular weight is 405 g/mol. The molecule has 0 saturated carbocycles. The van der Waals surface area contributed by atoms with Crippen molar-refractivity contribution < 1.29 is 14.3 Å². The first-order valence-electron chi connectivity index (χ1n) is 8.27. The second-order valence-corrected chi connectivity index (χ2v) is 6.74. The fourth-order valence-electron chi connectivity index (χ4n) is 2.63. The first-order valence-corrected chi connectivity index (χ1v) is 9.06. The Morgan fingerprint density at radius 2 is 1.92 bits per heavy atom. The molecule has 1 amide bonds. The minimum Gasteiger partial charge on any atom is -0.444 e. The Hall–Kier alpha value is -1.89. The summed E-state index contributed by atoms with van der Waals surface area (Å²) in [6.45, 7) is 4.57. The number of rotatable bonds is 5. The number of hydrogen-bond acceptors (Lipinski definition) is 4. The zero-order chi connectivity index (χ0) is 17.5. The molecule has 3 rings (SSSR count). The van der Waals surface area contributed by atoms with Gasteiger partial charge < -0.3 is 9.47 Å². The summed E-state index contributed by atoms with van der Waals surface area (Å²) in [4.78, 5) is 14.3. The fourth-order valence-corrected chi connectivity index (χ4v) is 3.13. The van der Waals surface area contributed by atoms with E-state index < -0.39 is 6.09 Å². The molecule has 0 radical (unpaired) electrons. The molecule has 0 unspecified atom stereocenters. The summed E-state index contributed by atoms with van der Waals surface area (Å²) in [6.07, 6.45) is -0.461. The monoisotopic (exact) mass is 404 g/mol. The third-order valence-corrected chi connectivity index (χ3v) is 4.75. The maximum absolute atomic E-state index is 11.9. The van der Waals surface area contributed by atoms with Crippen molar-refractivity contribution in [2.75, 3.05) is 31.6 Å². The SMILES string of the molecule is O=C(Nc1ccc(CN2CCOCC2)c(Br)c1)OCc1ccccc1. The van der Waals surface area contributed by atoms with Crippen molar-refractivity contribution in [3.05, 3.63) is 64.1 Å². The highest BCUT2D eigenvalue weighted by Crippen LogP contribution is 2.23. The zero-order valence-corrected chi connectivity index (χ0v) is 15.5. The van der Waals surface area contributed by atoms with Crippen LogP contribution >= 0.6 is 15.9 Å². The maximum atomic E-state index is 11.9. The van der Waals surface area contributed by atoms with E-state index in [9.17, 15) is 4.79 Å². The number of nitrogens with zero attached hydrogens (tertiary/aromatic N) is 1. The second kappa shape index (κ2) is 8.99. The highest BCUT2D eigenvalue weighted by Gasteiger charge is 2.13. The second-order valence-electron chi connectivity index (χ2n) is 5.88. The molecule has 0 aliphatic carbocycles. The van der Waals surface area contributed by atoms with Gasteiger partial charge in [0.05, 0.1) is 13.2 Å². The summed E-state index contributed by atoms with van der Waals surface area (Å²) in [5.41, 5.74) is 2.85. The highest BCUT2D eigenvalue weighted by molar-refractivity contribution is 9.10. The van der Waals surface area contributed by atoms with E-state index in [1.165, 1.54) is 5.56 Å². The molecule has 1 heterocycles. The number of hydrogen-bond donors (Lipinski definition) is 1. The number of halogens is 1. The van der Waals surface area contributed by atoms with E-state index in [0.717, 1.165) is 42.9 Å². The van der Waals surface area contributed by atoms with Crippen molar-refractivity contribution in [3.63, 3.8) is 0 Å². The number of amides is 1. The Balaban J connectivity index is 1.52. The van der Waals surface area contributed by atoms with Gasteiger partial charge in [-0.15, -0.1) is 0 Å². The van der Waals surface area contributed by atoms with Crippen molar-refractivity contribution in [1.29, 1.82) is 0 Å². The first kappa shape index (κ1) is 17.9. The van der Waals surface area contributed by atoms with E-state index in [0.29, 0.717) is 5.69 Å². The number of carbonyl (C=O) groups is 1. The molecular formula is C19H21BrN2O3. The number of nitrogens with one attached hydrogen (secondary N) is 1. The van der Waals surface area contributed by atoms with E-state index in [4.69, 9.17) is 9.47 Å². The molecule has 0 bridgehead atoms. The standard InChI is InChI=1S/C19H21BrN2O3/c20-18-12-17(7-6-16(18)13-22-8-10-24-11-9-22)21-19(23)25-14-15-4-2-1-3-5-15/h1-7,12H,8-11,13-14H2,(H,21,23). The Bertz CT molecular complexity index is 703. The van der Waals surface area contributed by atoms with Crippen LogP contribution in [0, 0.1) is 0 Å². The molecule has 1 N–H and O–H groups in total. The molecule has 0 spiro atoms. The molecule has 1 fully saturated rings. The fraction of sp³-hybridized carbons (Fsp3) is 0.316. The summed E-state index contributed by atoms with van der Waals surface area (Å²) in [5, 5.41) is 2.76. The lowest BCUT2D eigenvalue weighted by Crippen LogP contribution is -2.35. The van der Waals surface area contributed by atoms with Crippen LogP contribution in [0.15, 0.2) is 53.0 Å². The predicted molar refractivity (Wildman–Crippen MR) is 100 cm³/mol. The van der Waals surface area contributed by atoms with Crippen molar-refractivity contribution in [2.45, 2.75) is 13.2 Å². The summed E-state index contributed by atoms with van der Waals surface area (Å²) in [7, 11) is 0. The van der Waals surface area contributed by atoms with Crippen molar-refractivity contribution in [1.82, 2.24) is 4.90 Å². The Morgan fingerprint density at radius 1 is 1.16 bits per heavy atom. The van der Waals surface area contributed by atoms with Gasteiger partial charge in [-0.25, -0.2) is 4.79 Å². The summed E-state index contributed by atoms with van der Waals surface area (Å²) in [6, 6.07) is 15.4. The van der Waals surface area contributed by atoms with E-state index in [-0.39, 0.29) is 6.61 Å². The smallest absolute Gasteiger partial charge is 0.411 e. The predicted octanol–water partition coefficient (Wildman–Crippen LogP) is 4.03. The number of carbonyl (C=O) groups excluding carboxylic acids is 1. The molecule has 1 aliphatic heterocycles. The van der Waals surface area contributed by atoms with E-state index >= 15 is 0 Å². The minimum atomic E-state index is -0.461. The molecule has 132 valence electrons. The minimum absolute atomic E-state index is 0.253. The van der Waals surface area contributed by atoms with Gasteiger partial charge in [0.1, 0.15) is 6.61 Å². The van der Waals surface area contributed by atoms with Gasteiger partial charge in [0.2, 0.25) is 0 Å². The zero-order valence-electron chi connectivity index (χ0n) is 13.9. The van der Waals surface area contributed by atoms with Crippen LogP contribution in [0.4, 0.5) is 10.5 Å². The van der Waals surface area contributed by atoms with Gasteiger partial charge in [0.15, 0.2) is 0 Å². The molecule has 2 aromatic rings. The molecular weight excluding hydrogens is 384 g/mol. The highest BCUT2D eigenvalue weighted by atomic mass is 79.9. The van der Waals surface area contributed by atoms with Crippen LogP contribution in [0.5, 0.6) is 0 Å². The van der Waals surface area contributed by atoms with Crippen LogP contribution in [0.2, 0.25) is 0 Å². The molecule has 1 saturated heterocycles. The van der Waals surface area contributed by atoms with Gasteiger partial charge in [0.25, 0.3) is 0 Å². The van der Waals surface area contributed by atoms with Gasteiger partial charge in [0, 0.05) is 29.8 Å². The number of morpholine rings is 1. The molecule has 25 heavy (non-hydrogen) atoms. The molecule has 2 aromatic carbocycles. The van der Waals surface area contributed by atoms with Crippen molar-refractivity contribution >= 4 is 27.7 Å². The van der Waals surface area contributed by atoms with Crippen LogP contribution in [0.25, 0.3) is 0 Å². The lowest BCUT2D eigenvalue weighted by molar-refractivity contribution is 0.0341. The van der Waals surface area contributed by atoms with Crippen LogP contribution in [-0.4, -0.2) is 37.3 Å². The number of benzene rings is 2. The lowest BCUT2D eigenvalue weighted by Gasteiger charge is -2.27. The van der Waals surface area contributed by atoms with Gasteiger partial charge in [-0.2, -0.15) is 0 Å². The number of anilines is 1.